The van der Waals surface area contributed by atoms with Crippen LogP contribution in [0.3, 0.4) is 0 Å². The van der Waals surface area contributed by atoms with Gasteiger partial charge in [0.2, 0.25) is 0 Å². The molecule has 0 saturated carbocycles. The quantitative estimate of drug-likeness (QED) is 0.240. The number of nitrogens with zero attached hydrogens (tertiary/aromatic N) is 4. The number of rotatable bonds is 5. The van der Waals surface area contributed by atoms with Gasteiger partial charge in [0.1, 0.15) is 17.7 Å². The van der Waals surface area contributed by atoms with Crippen molar-refractivity contribution in [2.45, 2.75) is 18.9 Å². The Kier molecular flexibility index (Phi) is 4.69. The number of β-lactam (4-membered cyclic amide) rings is 1. The van der Waals surface area contributed by atoms with Crippen molar-refractivity contribution in [3.8, 4) is 0 Å². The lowest BCUT2D eigenvalue weighted by Gasteiger charge is -2.37. The highest BCUT2D eigenvalue weighted by Gasteiger charge is 2.50. The third-order valence-corrected chi connectivity index (χ3v) is 6.09. The summed E-state index contributed by atoms with van der Waals surface area (Å²) >= 11 is 2.57. The van der Waals surface area contributed by atoms with Crippen LogP contribution in [0.15, 0.2) is 40.9 Å². The molecule has 4 rings (SSSR count). The van der Waals surface area contributed by atoms with E-state index in [2.05, 4.69) is 9.59 Å². The molecule has 0 radical (unpaired) electrons. The second-order valence-electron chi connectivity index (χ2n) is 5.99. The molecule has 1 saturated heterocycles. The predicted molar refractivity (Wildman–Crippen MR) is 102 cm³/mol. The van der Waals surface area contributed by atoms with Gasteiger partial charge in [0.15, 0.2) is 0 Å². The molecule has 0 aliphatic carbocycles. The molecule has 1 aromatic heterocycles. The number of hydrogen-bond donors (Lipinski definition) is 0. The number of aromatic nitrogens is 2. The molecule has 2 aliphatic heterocycles. The van der Waals surface area contributed by atoms with E-state index < -0.39 is 10.9 Å². The van der Waals surface area contributed by atoms with E-state index in [1.165, 1.54) is 52.5 Å². The number of amides is 1. The first-order valence-electron chi connectivity index (χ1n) is 8.06. The summed E-state index contributed by atoms with van der Waals surface area (Å²) in [5.74, 6) is -0.863. The van der Waals surface area contributed by atoms with Crippen LogP contribution in [0.5, 0.6) is 0 Å². The van der Waals surface area contributed by atoms with Gasteiger partial charge in [-0.3, -0.25) is 19.8 Å². The van der Waals surface area contributed by atoms with Crippen LogP contribution < -0.4 is 0 Å². The van der Waals surface area contributed by atoms with Gasteiger partial charge in [0, 0.05) is 17.5 Å². The zero-order chi connectivity index (χ0) is 19.8. The van der Waals surface area contributed by atoms with E-state index in [0.29, 0.717) is 11.1 Å². The summed E-state index contributed by atoms with van der Waals surface area (Å²) in [6, 6.07) is 5.73. The maximum absolute atomic E-state index is 12.5. The summed E-state index contributed by atoms with van der Waals surface area (Å²) in [4.78, 5) is 37.2. The maximum atomic E-state index is 12.5. The molecule has 1 atom stereocenters. The smallest absolute Gasteiger partial charge is 0.355 e. The van der Waals surface area contributed by atoms with E-state index >= 15 is 0 Å². The number of nitro groups is 1. The maximum Gasteiger partial charge on any atom is 0.355 e. The minimum Gasteiger partial charge on any atom is -0.456 e. The average molecular weight is 416 g/mol. The van der Waals surface area contributed by atoms with Crippen molar-refractivity contribution in [3.63, 3.8) is 0 Å². The first-order valence-corrected chi connectivity index (χ1v) is 9.77. The van der Waals surface area contributed by atoms with Crippen LogP contribution in [0, 0.1) is 17.0 Å². The SMILES string of the molecule is Cc1nnsc1/C=C1\C(=O)N2C(C(=O)OCc3ccc([N+](=O)[O-])cc3)=CS[C@H]12. The molecule has 2 aromatic rings. The van der Waals surface area contributed by atoms with Crippen molar-refractivity contribution in [3.05, 3.63) is 67.2 Å². The lowest BCUT2D eigenvalue weighted by Crippen LogP contribution is -2.51. The zero-order valence-corrected chi connectivity index (χ0v) is 16.0. The molecule has 1 aromatic carbocycles. The lowest BCUT2D eigenvalue weighted by molar-refractivity contribution is -0.384. The first kappa shape index (κ1) is 18.3. The number of hydrogen-bond acceptors (Lipinski definition) is 9. The third kappa shape index (κ3) is 3.18. The number of nitro benzene ring substituents is 1. The Bertz CT molecular complexity index is 1040. The Morgan fingerprint density at radius 3 is 2.79 bits per heavy atom. The van der Waals surface area contributed by atoms with Crippen molar-refractivity contribution in [2.75, 3.05) is 0 Å². The highest BCUT2D eigenvalue weighted by atomic mass is 32.2. The largest absolute Gasteiger partial charge is 0.456 e. The summed E-state index contributed by atoms with van der Waals surface area (Å²) in [7, 11) is 0. The van der Waals surface area contributed by atoms with Gasteiger partial charge in [-0.15, -0.1) is 16.9 Å². The van der Waals surface area contributed by atoms with Crippen molar-refractivity contribution in [1.82, 2.24) is 14.5 Å². The second-order valence-corrected chi connectivity index (χ2v) is 7.73. The van der Waals surface area contributed by atoms with Crippen molar-refractivity contribution >= 4 is 46.9 Å². The predicted octanol–water partition coefficient (Wildman–Crippen LogP) is 2.64. The zero-order valence-electron chi connectivity index (χ0n) is 14.4. The molecule has 3 heterocycles. The highest BCUT2D eigenvalue weighted by Crippen LogP contribution is 2.45. The number of fused-ring (bicyclic) bond motifs is 1. The Hall–Kier alpha value is -3.05. The molecule has 9 nitrogen and oxygen atoms in total. The van der Waals surface area contributed by atoms with Gasteiger partial charge in [-0.25, -0.2) is 4.79 Å². The summed E-state index contributed by atoms with van der Waals surface area (Å²) in [5.41, 5.74) is 2.12. The van der Waals surface area contributed by atoms with Crippen molar-refractivity contribution in [1.29, 1.82) is 0 Å². The van der Waals surface area contributed by atoms with Crippen molar-refractivity contribution < 1.29 is 19.2 Å². The fourth-order valence-electron chi connectivity index (χ4n) is 2.71. The van der Waals surface area contributed by atoms with E-state index in [-0.39, 0.29) is 29.3 Å². The average Bonchev–Trinajstić information content (AvgIpc) is 3.28. The first-order chi connectivity index (χ1) is 13.5. The highest BCUT2D eigenvalue weighted by molar-refractivity contribution is 8.03. The van der Waals surface area contributed by atoms with Gasteiger partial charge in [-0.05, 0) is 42.2 Å². The minimum atomic E-state index is -0.614. The van der Waals surface area contributed by atoms with Crippen LogP contribution in [0.25, 0.3) is 6.08 Å². The van der Waals surface area contributed by atoms with Crippen LogP contribution in [0.2, 0.25) is 0 Å². The molecule has 28 heavy (non-hydrogen) atoms. The molecule has 1 amide bonds. The number of ether oxygens (including phenoxy) is 1. The topological polar surface area (TPSA) is 116 Å². The van der Waals surface area contributed by atoms with Crippen LogP contribution in [-0.2, 0) is 20.9 Å². The molecular weight excluding hydrogens is 404 g/mol. The van der Waals surface area contributed by atoms with E-state index in [4.69, 9.17) is 4.74 Å². The summed E-state index contributed by atoms with van der Waals surface area (Å²) in [6.45, 7) is 1.78. The number of carbonyl (C=O) groups excluding carboxylic acids is 2. The summed E-state index contributed by atoms with van der Waals surface area (Å²) in [5, 5.41) is 15.9. The Balaban J connectivity index is 1.39. The number of carbonyl (C=O) groups is 2. The molecule has 11 heteroatoms. The normalized spacial score (nSPS) is 19.2. The van der Waals surface area contributed by atoms with Crippen molar-refractivity contribution in [2.24, 2.45) is 0 Å². The van der Waals surface area contributed by atoms with Crippen LogP contribution in [-0.4, -0.2) is 36.7 Å². The van der Waals surface area contributed by atoms with Gasteiger partial charge in [-0.2, -0.15) is 0 Å². The van der Waals surface area contributed by atoms with Gasteiger partial charge in [0.05, 0.1) is 21.1 Å². The van der Waals surface area contributed by atoms with E-state index in [1.807, 2.05) is 6.92 Å². The van der Waals surface area contributed by atoms with E-state index in [1.54, 1.807) is 11.5 Å². The molecule has 0 N–H and O–H groups in total. The van der Waals surface area contributed by atoms with Crippen LogP contribution in [0.1, 0.15) is 16.1 Å². The number of thioether (sulfide) groups is 1. The molecular formula is C17H12N4O5S2. The summed E-state index contributed by atoms with van der Waals surface area (Å²) < 4.78 is 9.10. The summed E-state index contributed by atoms with van der Waals surface area (Å²) in [6.07, 6.45) is 1.76. The molecule has 142 valence electrons. The van der Waals surface area contributed by atoms with Gasteiger partial charge in [0.25, 0.3) is 11.6 Å². The monoisotopic (exact) mass is 416 g/mol. The Morgan fingerprint density at radius 1 is 1.39 bits per heavy atom. The minimum absolute atomic E-state index is 0.0373. The van der Waals surface area contributed by atoms with Crippen LogP contribution >= 0.6 is 23.3 Å². The number of benzene rings is 1. The fraction of sp³-hybridized carbons (Fsp3) is 0.176. The number of non-ortho nitro benzene ring substituents is 1. The molecule has 0 bridgehead atoms. The molecule has 0 spiro atoms. The number of aryl methyl sites for hydroxylation is 1. The standard InChI is InChI=1S/C17H12N4O5S2/c1-9-14(28-19-18-9)6-12-15(22)20-13(8-27-16(12)20)17(23)26-7-10-2-4-11(5-3-10)21(24)25/h2-6,8,16H,7H2,1H3/b12-6+/t16-/m1/s1. The number of esters is 1. The van der Waals surface area contributed by atoms with Gasteiger partial charge >= 0.3 is 5.97 Å². The fourth-order valence-corrected chi connectivity index (χ4v) is 4.43. The Morgan fingerprint density at radius 2 is 2.14 bits per heavy atom. The Labute approximate surface area is 167 Å². The van der Waals surface area contributed by atoms with E-state index in [9.17, 15) is 19.7 Å². The van der Waals surface area contributed by atoms with Crippen LogP contribution in [0.4, 0.5) is 5.69 Å². The molecule has 2 aliphatic rings. The second kappa shape index (κ2) is 7.17. The molecule has 0 unspecified atom stereocenters. The van der Waals surface area contributed by atoms with Gasteiger partial charge in [-0.1, -0.05) is 4.49 Å². The lowest BCUT2D eigenvalue weighted by atomic mass is 10.0. The van der Waals surface area contributed by atoms with E-state index in [0.717, 1.165) is 10.6 Å². The van der Waals surface area contributed by atoms with Gasteiger partial charge < -0.3 is 4.74 Å². The molecule has 1 fully saturated rings. The third-order valence-electron chi connectivity index (χ3n) is 4.23.